The van der Waals surface area contributed by atoms with Crippen molar-refractivity contribution in [2.75, 3.05) is 10.6 Å². The fraction of sp³-hybridized carbons (Fsp3) is 0.194. The van der Waals surface area contributed by atoms with Crippen molar-refractivity contribution in [3.63, 3.8) is 0 Å². The van der Waals surface area contributed by atoms with Gasteiger partial charge >= 0.3 is 0 Å². The van der Waals surface area contributed by atoms with E-state index in [1.54, 1.807) is 12.3 Å². The first kappa shape index (κ1) is 25.0. The van der Waals surface area contributed by atoms with Crippen molar-refractivity contribution < 1.29 is 14.7 Å². The molecule has 2 heterocycles. The van der Waals surface area contributed by atoms with Gasteiger partial charge in [-0.15, -0.1) is 11.3 Å². The largest absolute Gasteiger partial charge is 0.393 e. The minimum Gasteiger partial charge on any atom is -0.393 e. The number of nitrogens with zero attached hydrogens (tertiary/aromatic N) is 2. The Bertz CT molecular complexity index is 1600. The summed E-state index contributed by atoms with van der Waals surface area (Å²) in [6.45, 7) is 0. The Hall–Kier alpha value is -4.27. The summed E-state index contributed by atoms with van der Waals surface area (Å²) in [6.07, 6.45) is 5.24. The van der Waals surface area contributed by atoms with Gasteiger partial charge in [0.2, 0.25) is 0 Å². The quantitative estimate of drug-likeness (QED) is 0.228. The van der Waals surface area contributed by atoms with Gasteiger partial charge in [-0.2, -0.15) is 5.10 Å². The lowest BCUT2D eigenvalue weighted by atomic mass is 9.82. The third-order valence-electron chi connectivity index (χ3n) is 7.28. The van der Waals surface area contributed by atoms with E-state index in [0.29, 0.717) is 27.7 Å². The number of hydrogen-bond donors (Lipinski definition) is 3. The lowest BCUT2D eigenvalue weighted by molar-refractivity contribution is 0.102. The van der Waals surface area contributed by atoms with E-state index in [-0.39, 0.29) is 17.9 Å². The maximum atomic E-state index is 12.8. The molecular formula is C31H28N4O3S. The highest BCUT2D eigenvalue weighted by Gasteiger charge is 2.21. The first-order valence-electron chi connectivity index (χ1n) is 13.1. The molecular weight excluding hydrogens is 508 g/mol. The molecule has 2 aromatic heterocycles. The van der Waals surface area contributed by atoms with Crippen LogP contribution in [0.3, 0.4) is 0 Å². The zero-order valence-corrected chi connectivity index (χ0v) is 22.0. The smallest absolute Gasteiger partial charge is 0.265 e. The van der Waals surface area contributed by atoms with E-state index in [2.05, 4.69) is 15.7 Å². The van der Waals surface area contributed by atoms with Gasteiger partial charge in [-0.25, -0.2) is 4.68 Å². The number of nitrogens with one attached hydrogen (secondary N) is 2. The summed E-state index contributed by atoms with van der Waals surface area (Å²) in [5.74, 6) is 0.165. The number of amides is 2. The van der Waals surface area contributed by atoms with Crippen molar-refractivity contribution in [2.45, 2.75) is 37.7 Å². The number of carbonyl (C=O) groups is 2. The molecule has 8 heteroatoms. The standard InChI is InChI=1S/C31H28N4O3S/c36-27-14-7-21(8-15-27)20-3-5-22(6-4-20)30(37)33-24-9-12-26(13-10-24)35-28-16-11-25(18-23(28)19-32-35)34-31(38)29-2-1-17-39-29/h1-6,9-13,16-19,21,27,36H,7-8,14-15H2,(H,33,37)(H,34,38). The van der Waals surface area contributed by atoms with Crippen molar-refractivity contribution >= 4 is 45.4 Å². The van der Waals surface area contributed by atoms with Gasteiger partial charge in [0, 0.05) is 22.3 Å². The van der Waals surface area contributed by atoms with E-state index in [0.717, 1.165) is 42.3 Å². The number of hydrogen-bond acceptors (Lipinski definition) is 5. The van der Waals surface area contributed by atoms with Crippen LogP contribution in [0.1, 0.15) is 57.2 Å². The number of thiophene rings is 1. The summed E-state index contributed by atoms with van der Waals surface area (Å²) in [6, 6.07) is 24.7. The minimum absolute atomic E-state index is 0.129. The van der Waals surface area contributed by atoms with Crippen LogP contribution in [0.2, 0.25) is 0 Å². The maximum Gasteiger partial charge on any atom is 0.265 e. The summed E-state index contributed by atoms with van der Waals surface area (Å²) in [5.41, 5.74) is 5.02. The number of rotatable bonds is 6. The number of aliphatic hydroxyl groups is 1. The third-order valence-corrected chi connectivity index (χ3v) is 8.15. The number of anilines is 2. The molecule has 0 atom stereocenters. The highest BCUT2D eigenvalue weighted by Crippen LogP contribution is 2.33. The Morgan fingerprint density at radius 2 is 1.56 bits per heavy atom. The fourth-order valence-electron chi connectivity index (χ4n) is 5.12. The molecule has 1 fully saturated rings. The molecule has 0 saturated heterocycles. The van der Waals surface area contributed by atoms with Crippen LogP contribution < -0.4 is 10.6 Å². The first-order valence-corrected chi connectivity index (χ1v) is 13.9. The maximum absolute atomic E-state index is 12.8. The number of benzene rings is 3. The van der Waals surface area contributed by atoms with Crippen molar-refractivity contribution in [1.82, 2.24) is 9.78 Å². The Kier molecular flexibility index (Phi) is 6.96. The van der Waals surface area contributed by atoms with E-state index in [1.807, 2.05) is 82.9 Å². The molecule has 7 nitrogen and oxygen atoms in total. The lowest BCUT2D eigenvalue weighted by Gasteiger charge is -2.25. The van der Waals surface area contributed by atoms with Gasteiger partial charge in [0.15, 0.2) is 0 Å². The summed E-state index contributed by atoms with van der Waals surface area (Å²) in [4.78, 5) is 25.9. The highest BCUT2D eigenvalue weighted by molar-refractivity contribution is 7.12. The summed E-state index contributed by atoms with van der Waals surface area (Å²) in [7, 11) is 0. The van der Waals surface area contributed by atoms with Crippen molar-refractivity contribution in [2.24, 2.45) is 0 Å². The number of carbonyl (C=O) groups excluding carboxylic acids is 2. The highest BCUT2D eigenvalue weighted by atomic mass is 32.1. The predicted molar refractivity (Wildman–Crippen MR) is 155 cm³/mol. The molecule has 1 saturated carbocycles. The molecule has 1 aliphatic carbocycles. The van der Waals surface area contributed by atoms with E-state index in [1.165, 1.54) is 16.9 Å². The zero-order valence-electron chi connectivity index (χ0n) is 21.2. The molecule has 39 heavy (non-hydrogen) atoms. The lowest BCUT2D eigenvalue weighted by Crippen LogP contribution is -2.17. The van der Waals surface area contributed by atoms with Gasteiger partial charge < -0.3 is 15.7 Å². The zero-order chi connectivity index (χ0) is 26.8. The summed E-state index contributed by atoms with van der Waals surface area (Å²) >= 11 is 1.40. The first-order chi connectivity index (χ1) is 19.0. The van der Waals surface area contributed by atoms with Gasteiger partial charge in [0.1, 0.15) is 0 Å². The van der Waals surface area contributed by atoms with E-state index < -0.39 is 0 Å². The molecule has 5 aromatic rings. The monoisotopic (exact) mass is 536 g/mol. The van der Waals surface area contributed by atoms with Gasteiger partial charge in [-0.3, -0.25) is 9.59 Å². The Morgan fingerprint density at radius 1 is 0.846 bits per heavy atom. The van der Waals surface area contributed by atoms with Crippen LogP contribution in [0.5, 0.6) is 0 Å². The predicted octanol–water partition coefficient (Wildman–Crippen LogP) is 6.61. The van der Waals surface area contributed by atoms with Crippen LogP contribution in [-0.2, 0) is 0 Å². The normalized spacial score (nSPS) is 17.2. The van der Waals surface area contributed by atoms with Crippen LogP contribution in [0.25, 0.3) is 16.6 Å². The SMILES string of the molecule is O=C(Nc1ccc(-n2ncc3cc(NC(=O)c4cccs4)ccc32)cc1)c1ccc(C2CCC(O)CC2)cc1. The summed E-state index contributed by atoms with van der Waals surface area (Å²) in [5, 5.41) is 23.0. The Labute approximate surface area is 230 Å². The molecule has 3 aromatic carbocycles. The van der Waals surface area contributed by atoms with Crippen molar-refractivity contribution in [1.29, 1.82) is 0 Å². The number of aromatic nitrogens is 2. The van der Waals surface area contributed by atoms with Gasteiger partial charge in [-0.1, -0.05) is 18.2 Å². The molecule has 0 aliphatic heterocycles. The Morgan fingerprint density at radius 3 is 2.28 bits per heavy atom. The van der Waals surface area contributed by atoms with Crippen LogP contribution in [0.15, 0.2) is 90.4 Å². The number of aliphatic hydroxyl groups excluding tert-OH is 1. The second-order valence-electron chi connectivity index (χ2n) is 9.89. The Balaban J connectivity index is 1.11. The molecule has 0 spiro atoms. The molecule has 196 valence electrons. The molecule has 2 amide bonds. The topological polar surface area (TPSA) is 96.3 Å². The molecule has 0 unspecified atom stereocenters. The van der Waals surface area contributed by atoms with E-state index in [4.69, 9.17) is 0 Å². The van der Waals surface area contributed by atoms with E-state index in [9.17, 15) is 14.7 Å². The second-order valence-corrected chi connectivity index (χ2v) is 10.8. The van der Waals surface area contributed by atoms with Crippen LogP contribution >= 0.6 is 11.3 Å². The fourth-order valence-corrected chi connectivity index (χ4v) is 5.74. The van der Waals surface area contributed by atoms with Crippen LogP contribution in [0, 0.1) is 0 Å². The van der Waals surface area contributed by atoms with Crippen molar-refractivity contribution in [3.05, 3.63) is 106 Å². The average molecular weight is 537 g/mol. The van der Waals surface area contributed by atoms with Gasteiger partial charge in [0.05, 0.1) is 28.4 Å². The summed E-state index contributed by atoms with van der Waals surface area (Å²) < 4.78 is 1.83. The minimum atomic E-state index is -0.173. The van der Waals surface area contributed by atoms with Crippen LogP contribution in [-0.4, -0.2) is 32.8 Å². The molecule has 3 N–H and O–H groups in total. The number of fused-ring (bicyclic) bond motifs is 1. The van der Waals surface area contributed by atoms with E-state index >= 15 is 0 Å². The van der Waals surface area contributed by atoms with Gasteiger partial charge in [-0.05, 0) is 103 Å². The molecule has 0 bridgehead atoms. The van der Waals surface area contributed by atoms with Crippen LogP contribution in [0.4, 0.5) is 11.4 Å². The molecule has 1 aliphatic rings. The molecule has 6 rings (SSSR count). The second kappa shape index (κ2) is 10.8. The van der Waals surface area contributed by atoms with Gasteiger partial charge in [0.25, 0.3) is 11.8 Å². The van der Waals surface area contributed by atoms with Crippen molar-refractivity contribution in [3.8, 4) is 5.69 Å². The average Bonchev–Trinajstić information content (AvgIpc) is 3.65. The third kappa shape index (κ3) is 5.48. The molecule has 0 radical (unpaired) electrons.